The maximum absolute atomic E-state index is 6.74. The molecule has 0 spiro atoms. The van der Waals surface area contributed by atoms with E-state index in [0.29, 0.717) is 0 Å². The van der Waals surface area contributed by atoms with Gasteiger partial charge in [-0.1, -0.05) is 91.0 Å². The molecule has 41 heavy (non-hydrogen) atoms. The molecule has 6 aromatic rings. The van der Waals surface area contributed by atoms with Crippen molar-refractivity contribution in [3.8, 4) is 28.3 Å². The molecule has 2 nitrogen and oxygen atoms in total. The zero-order valence-corrected chi connectivity index (χ0v) is 23.2. The first-order valence-corrected chi connectivity index (χ1v) is 14.6. The van der Waals surface area contributed by atoms with Crippen molar-refractivity contribution in [1.29, 1.82) is 0 Å². The first-order chi connectivity index (χ1) is 20.2. The number of allylic oxidation sites excluding steroid dienone is 4. The summed E-state index contributed by atoms with van der Waals surface area (Å²) < 4.78 is 9.19. The van der Waals surface area contributed by atoms with Crippen molar-refractivity contribution in [2.24, 2.45) is 0 Å². The Balaban J connectivity index is 1.25. The second-order valence-corrected chi connectivity index (χ2v) is 11.6. The van der Waals surface area contributed by atoms with Crippen LogP contribution in [0.25, 0.3) is 44.1 Å². The van der Waals surface area contributed by atoms with Gasteiger partial charge in [-0.05, 0) is 99.9 Å². The highest BCUT2D eigenvalue weighted by atomic mass is 16.5. The van der Waals surface area contributed by atoms with E-state index >= 15 is 0 Å². The fourth-order valence-electron chi connectivity index (χ4n) is 7.53. The van der Waals surface area contributed by atoms with Gasteiger partial charge >= 0.3 is 0 Å². The van der Waals surface area contributed by atoms with Crippen LogP contribution in [-0.2, 0) is 0 Å². The molecule has 0 fully saturated rings. The molecular formula is C38H28BNO. The van der Waals surface area contributed by atoms with E-state index in [1.807, 2.05) is 0 Å². The summed E-state index contributed by atoms with van der Waals surface area (Å²) in [6.07, 6.45) is 9.15. The molecule has 0 N–H and O–H groups in total. The molecule has 0 saturated heterocycles. The number of aryl methyl sites for hydroxylation is 1. The monoisotopic (exact) mass is 525 g/mol. The van der Waals surface area contributed by atoms with Crippen LogP contribution in [0.15, 0.2) is 109 Å². The summed E-state index contributed by atoms with van der Waals surface area (Å²) in [4.78, 5) is 0. The predicted octanol–water partition coefficient (Wildman–Crippen LogP) is 7.74. The number of nitrogens with zero attached hydrogens (tertiary/aromatic N) is 1. The molecule has 3 heterocycles. The highest BCUT2D eigenvalue weighted by Crippen LogP contribution is 2.39. The lowest BCUT2D eigenvalue weighted by atomic mass is 9.34. The van der Waals surface area contributed by atoms with Gasteiger partial charge in [0.25, 0.3) is 6.71 Å². The second-order valence-electron chi connectivity index (χ2n) is 11.6. The molecule has 3 heteroatoms. The second kappa shape index (κ2) is 8.38. The van der Waals surface area contributed by atoms with Gasteiger partial charge < -0.3 is 9.30 Å². The van der Waals surface area contributed by atoms with Crippen LogP contribution >= 0.6 is 0 Å². The average Bonchev–Trinajstić information content (AvgIpc) is 3.29. The van der Waals surface area contributed by atoms with Crippen molar-refractivity contribution in [1.82, 2.24) is 4.57 Å². The Labute approximate surface area is 240 Å². The van der Waals surface area contributed by atoms with Gasteiger partial charge in [-0.2, -0.15) is 0 Å². The zero-order valence-electron chi connectivity index (χ0n) is 23.2. The van der Waals surface area contributed by atoms with Crippen LogP contribution < -0.4 is 21.1 Å². The van der Waals surface area contributed by atoms with E-state index in [9.17, 15) is 0 Å². The average molecular weight is 525 g/mol. The Morgan fingerprint density at radius 3 is 2.37 bits per heavy atom. The Morgan fingerprint density at radius 2 is 1.51 bits per heavy atom. The molecule has 0 amide bonds. The minimum absolute atomic E-state index is 0.146. The van der Waals surface area contributed by atoms with Gasteiger partial charge in [0.05, 0.1) is 0 Å². The Morgan fingerprint density at radius 1 is 0.707 bits per heavy atom. The third-order valence-corrected chi connectivity index (χ3v) is 9.54. The van der Waals surface area contributed by atoms with E-state index in [2.05, 4.69) is 128 Å². The van der Waals surface area contributed by atoms with Gasteiger partial charge in [0.2, 0.25) is 0 Å². The normalized spacial score (nSPS) is 14.6. The molecule has 194 valence electrons. The van der Waals surface area contributed by atoms with E-state index < -0.39 is 0 Å². The van der Waals surface area contributed by atoms with Crippen LogP contribution in [0.4, 0.5) is 0 Å². The SMILES string of the molecule is Cc1c(C)n2c3c(cccc13)B1c3ccc(-c4ccc(C5=CCCC=C5)c5ccccc45)cc3Oc3cccc-2c31. The van der Waals surface area contributed by atoms with Crippen LogP contribution in [0.3, 0.4) is 0 Å². The molecule has 0 saturated carbocycles. The van der Waals surface area contributed by atoms with Crippen molar-refractivity contribution in [3.05, 3.63) is 126 Å². The lowest BCUT2D eigenvalue weighted by Crippen LogP contribution is -2.58. The highest BCUT2D eigenvalue weighted by Gasteiger charge is 2.40. The number of benzene rings is 5. The van der Waals surface area contributed by atoms with Crippen LogP contribution in [-0.4, -0.2) is 11.3 Å². The molecular weight excluding hydrogens is 497 g/mol. The van der Waals surface area contributed by atoms with Crippen molar-refractivity contribution < 1.29 is 4.74 Å². The number of para-hydroxylation sites is 1. The van der Waals surface area contributed by atoms with Gasteiger partial charge in [-0.15, -0.1) is 0 Å². The van der Waals surface area contributed by atoms with Gasteiger partial charge in [0, 0.05) is 22.3 Å². The summed E-state index contributed by atoms with van der Waals surface area (Å²) in [6.45, 7) is 4.63. The van der Waals surface area contributed by atoms with Crippen molar-refractivity contribution in [2.45, 2.75) is 26.7 Å². The molecule has 9 rings (SSSR count). The third kappa shape index (κ3) is 3.09. The summed E-state index contributed by atoms with van der Waals surface area (Å²) in [6, 6.07) is 33.6. The fraction of sp³-hybridized carbons (Fsp3) is 0.105. The largest absolute Gasteiger partial charge is 0.458 e. The lowest BCUT2D eigenvalue weighted by molar-refractivity contribution is 0.487. The van der Waals surface area contributed by atoms with Gasteiger partial charge in [-0.3, -0.25) is 0 Å². The number of rotatable bonds is 2. The topological polar surface area (TPSA) is 14.2 Å². The molecule has 1 aromatic heterocycles. The van der Waals surface area contributed by atoms with E-state index in [-0.39, 0.29) is 6.71 Å². The zero-order chi connectivity index (χ0) is 27.2. The van der Waals surface area contributed by atoms with E-state index in [1.54, 1.807) is 0 Å². The smallest absolute Gasteiger partial charge is 0.256 e. The molecule has 0 atom stereocenters. The molecule has 1 aliphatic carbocycles. The summed E-state index contributed by atoms with van der Waals surface area (Å²) in [5.41, 5.74) is 14.1. The minimum Gasteiger partial charge on any atom is -0.458 e. The fourth-order valence-corrected chi connectivity index (χ4v) is 7.53. The number of fused-ring (bicyclic) bond motifs is 5. The van der Waals surface area contributed by atoms with Crippen LogP contribution in [0.2, 0.25) is 0 Å². The Hall–Kier alpha value is -4.76. The van der Waals surface area contributed by atoms with E-state index in [4.69, 9.17) is 4.74 Å². The lowest BCUT2D eigenvalue weighted by Gasteiger charge is -2.33. The summed E-state index contributed by atoms with van der Waals surface area (Å²) in [5, 5.41) is 3.91. The number of ether oxygens (including phenoxy) is 1. The van der Waals surface area contributed by atoms with Gasteiger partial charge in [-0.25, -0.2) is 0 Å². The first-order valence-electron chi connectivity index (χ1n) is 14.6. The summed E-state index contributed by atoms with van der Waals surface area (Å²) in [5.74, 6) is 1.91. The molecule has 0 unspecified atom stereocenters. The first kappa shape index (κ1) is 23.0. The molecule has 0 bridgehead atoms. The molecule has 3 aliphatic rings. The molecule has 2 aliphatic heterocycles. The summed E-state index contributed by atoms with van der Waals surface area (Å²) in [7, 11) is 0. The number of aromatic nitrogens is 1. The minimum atomic E-state index is 0.146. The third-order valence-electron chi connectivity index (χ3n) is 9.54. The standard InChI is InChI=1S/C38H28BNO/c1-23-24(2)40-34-16-9-17-35-37(34)39(33-15-8-14-27(23)38(33)40)32-21-18-26(22-36(32)41-35)29-20-19-28(25-10-4-3-5-11-25)30-12-6-7-13-31(29)30/h4,6-22H,3,5H2,1-2H3. The van der Waals surface area contributed by atoms with Crippen molar-refractivity contribution in [2.75, 3.05) is 0 Å². The van der Waals surface area contributed by atoms with Crippen LogP contribution in [0.5, 0.6) is 11.5 Å². The van der Waals surface area contributed by atoms with Crippen LogP contribution in [0.1, 0.15) is 29.7 Å². The highest BCUT2D eigenvalue weighted by molar-refractivity contribution is 6.99. The van der Waals surface area contributed by atoms with E-state index in [1.165, 1.54) is 77.3 Å². The maximum atomic E-state index is 6.74. The van der Waals surface area contributed by atoms with E-state index in [0.717, 1.165) is 24.3 Å². The quantitative estimate of drug-likeness (QED) is 0.211. The van der Waals surface area contributed by atoms with Crippen LogP contribution in [0, 0.1) is 13.8 Å². The number of hydrogen-bond acceptors (Lipinski definition) is 1. The van der Waals surface area contributed by atoms with Gasteiger partial charge in [0.1, 0.15) is 11.5 Å². The molecule has 5 aromatic carbocycles. The van der Waals surface area contributed by atoms with Gasteiger partial charge in [0.15, 0.2) is 0 Å². The van der Waals surface area contributed by atoms with Crippen molar-refractivity contribution >= 4 is 50.3 Å². The Kier molecular flexibility index (Phi) is 4.70. The Bertz CT molecular complexity index is 2160. The molecule has 0 radical (unpaired) electrons. The summed E-state index contributed by atoms with van der Waals surface area (Å²) >= 11 is 0. The van der Waals surface area contributed by atoms with Crippen molar-refractivity contribution in [3.63, 3.8) is 0 Å². The predicted molar refractivity (Wildman–Crippen MR) is 173 cm³/mol. The maximum Gasteiger partial charge on any atom is 0.256 e. The number of hydrogen-bond donors (Lipinski definition) is 0.